The summed E-state index contributed by atoms with van der Waals surface area (Å²) in [6.45, 7) is 1.52. The summed E-state index contributed by atoms with van der Waals surface area (Å²) >= 11 is 0. The van der Waals surface area contributed by atoms with Crippen molar-refractivity contribution in [3.63, 3.8) is 0 Å². The van der Waals surface area contributed by atoms with Crippen molar-refractivity contribution in [3.05, 3.63) is 59.2 Å². The summed E-state index contributed by atoms with van der Waals surface area (Å²) in [7, 11) is 3.01. The molecule has 0 unspecified atom stereocenters. The average Bonchev–Trinajstić information content (AvgIpc) is 2.64. The highest BCUT2D eigenvalue weighted by Gasteiger charge is 2.20. The van der Waals surface area contributed by atoms with Crippen LogP contribution in [0, 0.1) is 11.6 Å². The lowest BCUT2D eigenvalue weighted by molar-refractivity contribution is -0.129. The predicted molar refractivity (Wildman–Crippen MR) is 92.6 cm³/mol. The van der Waals surface area contributed by atoms with Crippen LogP contribution in [-0.2, 0) is 16.1 Å². The monoisotopic (exact) mass is 379 g/mol. The van der Waals surface area contributed by atoms with Gasteiger partial charge in [-0.2, -0.15) is 0 Å². The number of halogens is 2. The SMILES string of the molecule is COc1ccc(CNC(=O)[C@@H](C)OC(=O)c2cc(F)cc(F)c2)cc1OC. The zero-order valence-corrected chi connectivity index (χ0v) is 15.0. The molecular formula is C19H19F2NO5. The Morgan fingerprint density at radius 1 is 1.00 bits per heavy atom. The molecule has 0 spiro atoms. The average molecular weight is 379 g/mol. The van der Waals surface area contributed by atoms with E-state index < -0.39 is 29.6 Å². The molecule has 2 aromatic rings. The van der Waals surface area contributed by atoms with Crippen LogP contribution in [0.5, 0.6) is 11.5 Å². The molecule has 144 valence electrons. The number of methoxy groups -OCH3 is 2. The summed E-state index contributed by atoms with van der Waals surface area (Å²) in [6.07, 6.45) is -1.15. The second-order valence-electron chi connectivity index (χ2n) is 5.61. The van der Waals surface area contributed by atoms with E-state index in [-0.39, 0.29) is 12.1 Å². The largest absolute Gasteiger partial charge is 0.493 e. The second kappa shape index (κ2) is 8.98. The third-order valence-electron chi connectivity index (χ3n) is 3.67. The van der Waals surface area contributed by atoms with Gasteiger partial charge in [0.15, 0.2) is 17.6 Å². The van der Waals surface area contributed by atoms with Gasteiger partial charge >= 0.3 is 5.97 Å². The Labute approximate surface area is 155 Å². The molecule has 6 nitrogen and oxygen atoms in total. The van der Waals surface area contributed by atoms with Crippen molar-refractivity contribution in [2.75, 3.05) is 14.2 Å². The molecule has 0 aliphatic carbocycles. The van der Waals surface area contributed by atoms with E-state index in [9.17, 15) is 18.4 Å². The van der Waals surface area contributed by atoms with Crippen LogP contribution in [0.4, 0.5) is 8.78 Å². The molecular weight excluding hydrogens is 360 g/mol. The van der Waals surface area contributed by atoms with Crippen molar-refractivity contribution in [2.45, 2.75) is 19.6 Å². The van der Waals surface area contributed by atoms with Crippen molar-refractivity contribution < 1.29 is 32.6 Å². The number of amides is 1. The fraction of sp³-hybridized carbons (Fsp3) is 0.263. The minimum absolute atomic E-state index is 0.162. The van der Waals surface area contributed by atoms with Gasteiger partial charge in [-0.1, -0.05) is 6.07 Å². The Morgan fingerprint density at radius 2 is 1.63 bits per heavy atom. The lowest BCUT2D eigenvalue weighted by atomic mass is 10.2. The van der Waals surface area contributed by atoms with E-state index in [1.165, 1.54) is 21.1 Å². The van der Waals surface area contributed by atoms with Gasteiger partial charge < -0.3 is 19.5 Å². The Balaban J connectivity index is 1.94. The van der Waals surface area contributed by atoms with Crippen molar-refractivity contribution >= 4 is 11.9 Å². The zero-order chi connectivity index (χ0) is 20.0. The van der Waals surface area contributed by atoms with Crippen LogP contribution in [-0.4, -0.2) is 32.2 Å². The fourth-order valence-corrected chi connectivity index (χ4v) is 2.28. The van der Waals surface area contributed by atoms with Crippen LogP contribution < -0.4 is 14.8 Å². The number of benzene rings is 2. The molecule has 0 aliphatic heterocycles. The molecule has 0 fully saturated rings. The number of carbonyl (C=O) groups is 2. The normalized spacial score (nSPS) is 11.4. The van der Waals surface area contributed by atoms with Crippen molar-refractivity contribution in [1.29, 1.82) is 0 Å². The Morgan fingerprint density at radius 3 is 2.22 bits per heavy atom. The predicted octanol–water partition coefficient (Wildman–Crippen LogP) is 2.84. The Kier molecular flexibility index (Phi) is 6.70. The summed E-state index contributed by atoms with van der Waals surface area (Å²) in [6, 6.07) is 7.44. The van der Waals surface area contributed by atoms with Gasteiger partial charge in [-0.25, -0.2) is 13.6 Å². The maximum atomic E-state index is 13.2. The van der Waals surface area contributed by atoms with Gasteiger partial charge in [0.05, 0.1) is 19.8 Å². The maximum Gasteiger partial charge on any atom is 0.339 e. The van der Waals surface area contributed by atoms with Crippen LogP contribution in [0.2, 0.25) is 0 Å². The smallest absolute Gasteiger partial charge is 0.339 e. The van der Waals surface area contributed by atoms with E-state index in [0.717, 1.165) is 17.7 Å². The highest BCUT2D eigenvalue weighted by Crippen LogP contribution is 2.27. The maximum absolute atomic E-state index is 13.2. The molecule has 0 radical (unpaired) electrons. The van der Waals surface area contributed by atoms with Gasteiger partial charge in [-0.05, 0) is 36.8 Å². The van der Waals surface area contributed by atoms with Gasteiger partial charge in [0.25, 0.3) is 5.91 Å². The molecule has 0 aliphatic rings. The highest BCUT2D eigenvalue weighted by molar-refractivity contribution is 5.92. The van der Waals surface area contributed by atoms with Gasteiger partial charge in [-0.3, -0.25) is 4.79 Å². The van der Waals surface area contributed by atoms with Crippen LogP contribution in [0.25, 0.3) is 0 Å². The minimum atomic E-state index is -1.15. The van der Waals surface area contributed by atoms with Crippen LogP contribution in [0.1, 0.15) is 22.8 Å². The second-order valence-corrected chi connectivity index (χ2v) is 5.61. The van der Waals surface area contributed by atoms with Gasteiger partial charge in [0, 0.05) is 12.6 Å². The highest BCUT2D eigenvalue weighted by atomic mass is 19.1. The van der Waals surface area contributed by atoms with E-state index >= 15 is 0 Å². The molecule has 0 aromatic heterocycles. The zero-order valence-electron chi connectivity index (χ0n) is 15.0. The van der Waals surface area contributed by atoms with Gasteiger partial charge in [0.2, 0.25) is 0 Å². The van der Waals surface area contributed by atoms with E-state index in [1.54, 1.807) is 18.2 Å². The standard InChI is InChI=1S/C19H19F2NO5/c1-11(27-19(24)13-7-14(20)9-15(21)8-13)18(23)22-10-12-4-5-16(25-2)17(6-12)26-3/h4-9,11H,10H2,1-3H3,(H,22,23)/t11-/m1/s1. The minimum Gasteiger partial charge on any atom is -0.493 e. The molecule has 1 N–H and O–H groups in total. The van der Waals surface area contributed by atoms with Crippen molar-refractivity contribution in [1.82, 2.24) is 5.32 Å². The van der Waals surface area contributed by atoms with Crippen LogP contribution in [0.15, 0.2) is 36.4 Å². The summed E-state index contributed by atoms with van der Waals surface area (Å²) in [5, 5.41) is 2.61. The molecule has 0 bridgehead atoms. The van der Waals surface area contributed by atoms with Gasteiger partial charge in [-0.15, -0.1) is 0 Å². The topological polar surface area (TPSA) is 73.9 Å². The third-order valence-corrected chi connectivity index (χ3v) is 3.67. The molecule has 0 heterocycles. The molecule has 2 rings (SSSR count). The molecule has 0 saturated carbocycles. The lowest BCUT2D eigenvalue weighted by Crippen LogP contribution is -2.35. The number of ether oxygens (including phenoxy) is 3. The Hall–Kier alpha value is -3.16. The first kappa shape index (κ1) is 20.2. The van der Waals surface area contributed by atoms with E-state index in [2.05, 4.69) is 5.32 Å². The van der Waals surface area contributed by atoms with Gasteiger partial charge in [0.1, 0.15) is 11.6 Å². The number of rotatable bonds is 7. The Bertz CT molecular complexity index is 821. The molecule has 1 amide bonds. The summed E-state index contributed by atoms with van der Waals surface area (Å²) in [5.74, 6) is -2.31. The van der Waals surface area contributed by atoms with Crippen LogP contribution in [0.3, 0.4) is 0 Å². The first-order valence-electron chi connectivity index (χ1n) is 7.99. The molecule has 8 heteroatoms. The lowest BCUT2D eigenvalue weighted by Gasteiger charge is -2.14. The van der Waals surface area contributed by atoms with Crippen LogP contribution >= 0.6 is 0 Å². The number of esters is 1. The van der Waals surface area contributed by atoms with E-state index in [4.69, 9.17) is 14.2 Å². The molecule has 0 saturated heterocycles. The van der Waals surface area contributed by atoms with E-state index in [1.807, 2.05) is 0 Å². The molecule has 1 atom stereocenters. The summed E-state index contributed by atoms with van der Waals surface area (Å²) < 4.78 is 41.6. The number of nitrogens with one attached hydrogen (secondary N) is 1. The van der Waals surface area contributed by atoms with Crippen molar-refractivity contribution in [3.8, 4) is 11.5 Å². The summed E-state index contributed by atoms with van der Waals surface area (Å²) in [4.78, 5) is 24.0. The number of hydrogen-bond donors (Lipinski definition) is 1. The quantitative estimate of drug-likeness (QED) is 0.749. The summed E-state index contributed by atoms with van der Waals surface area (Å²) in [5.41, 5.74) is 0.429. The van der Waals surface area contributed by atoms with Crippen molar-refractivity contribution in [2.24, 2.45) is 0 Å². The molecule has 27 heavy (non-hydrogen) atoms. The first-order valence-corrected chi connectivity index (χ1v) is 7.99. The fourth-order valence-electron chi connectivity index (χ4n) is 2.28. The van der Waals surface area contributed by atoms with E-state index in [0.29, 0.717) is 17.6 Å². The molecule has 2 aromatic carbocycles. The number of carbonyl (C=O) groups excluding carboxylic acids is 2. The first-order chi connectivity index (χ1) is 12.8. The third kappa shape index (κ3) is 5.40. The number of hydrogen-bond acceptors (Lipinski definition) is 5.